The van der Waals surface area contributed by atoms with Crippen LogP contribution in [0.2, 0.25) is 0 Å². The molecule has 0 saturated heterocycles. The Morgan fingerprint density at radius 2 is 0.941 bits per heavy atom. The number of hydrogen-bond acceptors (Lipinski definition) is 3. The van der Waals surface area contributed by atoms with Crippen LogP contribution < -0.4 is 4.90 Å². The van der Waals surface area contributed by atoms with E-state index in [0.29, 0.717) is 0 Å². The Morgan fingerprint density at radius 3 is 1.80 bits per heavy atom. The Labute approximate surface area is 300 Å². The highest BCUT2D eigenvalue weighted by molar-refractivity contribution is 7.26. The van der Waals surface area contributed by atoms with Crippen molar-refractivity contribution in [2.75, 3.05) is 4.90 Å². The van der Waals surface area contributed by atoms with E-state index in [1.807, 2.05) is 17.4 Å². The summed E-state index contributed by atoms with van der Waals surface area (Å²) < 4.78 is 9.04. The Morgan fingerprint density at radius 1 is 0.373 bits per heavy atom. The van der Waals surface area contributed by atoms with Gasteiger partial charge in [0.1, 0.15) is 11.2 Å². The average Bonchev–Trinajstić information content (AvgIpc) is 3.78. The van der Waals surface area contributed by atoms with Crippen LogP contribution in [0.1, 0.15) is 0 Å². The van der Waals surface area contributed by atoms with Crippen LogP contribution in [0.25, 0.3) is 75.5 Å². The van der Waals surface area contributed by atoms with Gasteiger partial charge < -0.3 is 9.32 Å². The molecule has 0 spiro atoms. The molecule has 2 heterocycles. The lowest BCUT2D eigenvalue weighted by Gasteiger charge is -2.28. The molecule has 0 aliphatic rings. The largest absolute Gasteiger partial charge is 0.456 e. The lowest BCUT2D eigenvalue weighted by atomic mass is 9.97. The molecule has 2 aromatic heterocycles. The monoisotopic (exact) mass is 669 g/mol. The molecule has 0 aliphatic carbocycles. The number of benzene rings is 8. The zero-order chi connectivity index (χ0) is 33.7. The van der Waals surface area contributed by atoms with E-state index in [-0.39, 0.29) is 0 Å². The van der Waals surface area contributed by atoms with Gasteiger partial charge in [0.2, 0.25) is 0 Å². The predicted molar refractivity (Wildman–Crippen MR) is 218 cm³/mol. The molecule has 0 bridgehead atoms. The molecule has 51 heavy (non-hydrogen) atoms. The zero-order valence-electron chi connectivity index (χ0n) is 27.7. The van der Waals surface area contributed by atoms with Crippen molar-refractivity contribution in [1.82, 2.24) is 0 Å². The van der Waals surface area contributed by atoms with E-state index in [1.54, 1.807) is 0 Å². The van der Waals surface area contributed by atoms with Gasteiger partial charge in [0.25, 0.3) is 0 Å². The van der Waals surface area contributed by atoms with Crippen LogP contribution in [0.3, 0.4) is 0 Å². The molecule has 0 unspecified atom stereocenters. The van der Waals surface area contributed by atoms with E-state index in [9.17, 15) is 0 Å². The van der Waals surface area contributed by atoms with Gasteiger partial charge in [-0.25, -0.2) is 0 Å². The number of furan rings is 1. The van der Waals surface area contributed by atoms with E-state index in [4.69, 9.17) is 4.42 Å². The van der Waals surface area contributed by atoms with Crippen molar-refractivity contribution in [2.45, 2.75) is 0 Å². The number of rotatable bonds is 6. The lowest BCUT2D eigenvalue weighted by molar-refractivity contribution is 0.669. The molecule has 0 N–H and O–H groups in total. The summed E-state index contributed by atoms with van der Waals surface area (Å²) in [5.74, 6) is 0. The summed E-state index contributed by atoms with van der Waals surface area (Å²) in [4.78, 5) is 2.40. The maximum absolute atomic E-state index is 6.40. The summed E-state index contributed by atoms with van der Waals surface area (Å²) in [5.41, 5.74) is 12.2. The van der Waals surface area contributed by atoms with Crippen LogP contribution in [-0.2, 0) is 0 Å². The minimum absolute atomic E-state index is 0.872. The van der Waals surface area contributed by atoms with Gasteiger partial charge in [0.15, 0.2) is 0 Å². The molecule has 0 aliphatic heterocycles. The van der Waals surface area contributed by atoms with Gasteiger partial charge in [0.05, 0.1) is 16.8 Å². The molecule has 10 rings (SSSR count). The van der Waals surface area contributed by atoms with E-state index >= 15 is 0 Å². The summed E-state index contributed by atoms with van der Waals surface area (Å²) in [6, 6.07) is 67.3. The summed E-state index contributed by atoms with van der Waals surface area (Å²) in [7, 11) is 0. The van der Waals surface area contributed by atoms with Crippen molar-refractivity contribution in [3.63, 3.8) is 0 Å². The second-order valence-corrected chi connectivity index (χ2v) is 13.9. The van der Waals surface area contributed by atoms with Crippen molar-refractivity contribution in [1.29, 1.82) is 0 Å². The van der Waals surface area contributed by atoms with Crippen LogP contribution in [0.15, 0.2) is 192 Å². The molecule has 8 aromatic carbocycles. The SMILES string of the molecule is c1ccc(-c2ccc(-c3ccccc3N(c3ccc(-c4cccc5c4sc4ccccc45)cc3)c3cccc4oc5ccccc5c34)cc2)cc1. The lowest BCUT2D eigenvalue weighted by Crippen LogP contribution is -2.11. The standard InChI is InChI=1S/C48H31NOS/c1-2-12-32(13-3-1)33-24-26-34(27-25-33)37-14-4-7-19-42(37)49(43-20-11-22-45-47(43)41-16-5-8-21-44(41)50-45)36-30-28-35(29-31-36)38-17-10-18-40-39-15-6-9-23-46(39)51-48(38)40/h1-31H. The Balaban J connectivity index is 1.15. The summed E-state index contributed by atoms with van der Waals surface area (Å²) in [6.45, 7) is 0. The third kappa shape index (κ3) is 5.01. The second kappa shape index (κ2) is 12.2. The minimum atomic E-state index is 0.872. The van der Waals surface area contributed by atoms with Gasteiger partial charge in [-0.1, -0.05) is 146 Å². The first kappa shape index (κ1) is 29.5. The van der Waals surface area contributed by atoms with Gasteiger partial charge in [-0.15, -0.1) is 11.3 Å². The first-order valence-electron chi connectivity index (χ1n) is 17.3. The topological polar surface area (TPSA) is 16.4 Å². The van der Waals surface area contributed by atoms with Crippen molar-refractivity contribution in [3.05, 3.63) is 188 Å². The van der Waals surface area contributed by atoms with E-state index < -0.39 is 0 Å². The van der Waals surface area contributed by atoms with Crippen LogP contribution in [0.4, 0.5) is 17.1 Å². The fourth-order valence-corrected chi connectivity index (χ4v) is 8.74. The first-order chi connectivity index (χ1) is 25.3. The molecule has 3 heteroatoms. The molecule has 0 radical (unpaired) electrons. The van der Waals surface area contributed by atoms with Crippen LogP contribution in [0.5, 0.6) is 0 Å². The summed E-state index contributed by atoms with van der Waals surface area (Å²) in [6.07, 6.45) is 0. The highest BCUT2D eigenvalue weighted by atomic mass is 32.1. The number of fused-ring (bicyclic) bond motifs is 6. The van der Waals surface area contributed by atoms with E-state index in [2.05, 4.69) is 187 Å². The normalized spacial score (nSPS) is 11.5. The summed E-state index contributed by atoms with van der Waals surface area (Å²) >= 11 is 1.87. The Bertz CT molecular complexity index is 2850. The summed E-state index contributed by atoms with van der Waals surface area (Å²) in [5, 5.41) is 4.83. The number of thiophene rings is 1. The van der Waals surface area contributed by atoms with Gasteiger partial charge in [0, 0.05) is 36.8 Å². The number of nitrogens with zero attached hydrogens (tertiary/aromatic N) is 1. The molecule has 0 atom stereocenters. The highest BCUT2D eigenvalue weighted by Crippen LogP contribution is 2.47. The Hall–Kier alpha value is -6.42. The first-order valence-corrected chi connectivity index (χ1v) is 18.1. The van der Waals surface area contributed by atoms with Gasteiger partial charge in [-0.3, -0.25) is 0 Å². The highest BCUT2D eigenvalue weighted by Gasteiger charge is 2.22. The van der Waals surface area contributed by atoms with Crippen LogP contribution in [-0.4, -0.2) is 0 Å². The zero-order valence-corrected chi connectivity index (χ0v) is 28.5. The van der Waals surface area contributed by atoms with Crippen molar-refractivity contribution in [2.24, 2.45) is 0 Å². The van der Waals surface area contributed by atoms with Crippen LogP contribution >= 0.6 is 11.3 Å². The third-order valence-electron chi connectivity index (χ3n) is 9.91. The Kier molecular flexibility index (Phi) is 7.04. The second-order valence-electron chi connectivity index (χ2n) is 12.9. The van der Waals surface area contributed by atoms with Crippen LogP contribution in [0, 0.1) is 0 Å². The van der Waals surface area contributed by atoms with E-state index in [0.717, 1.165) is 50.1 Å². The predicted octanol–water partition coefficient (Wildman–Crippen LogP) is 14.4. The molecule has 0 fully saturated rings. The molecule has 2 nitrogen and oxygen atoms in total. The van der Waals surface area contributed by atoms with E-state index in [1.165, 1.54) is 42.4 Å². The molecular formula is C48H31NOS. The van der Waals surface area contributed by atoms with Crippen molar-refractivity contribution in [3.8, 4) is 33.4 Å². The maximum atomic E-state index is 6.40. The number of para-hydroxylation sites is 2. The number of anilines is 3. The molecule has 0 saturated carbocycles. The molecular weight excluding hydrogens is 639 g/mol. The molecule has 10 aromatic rings. The van der Waals surface area contributed by atoms with Crippen molar-refractivity contribution < 1.29 is 4.42 Å². The number of hydrogen-bond donors (Lipinski definition) is 0. The fraction of sp³-hybridized carbons (Fsp3) is 0. The fourth-order valence-electron chi connectivity index (χ4n) is 7.50. The minimum Gasteiger partial charge on any atom is -0.456 e. The van der Waals surface area contributed by atoms with Crippen molar-refractivity contribution >= 4 is 70.5 Å². The van der Waals surface area contributed by atoms with Gasteiger partial charge in [-0.2, -0.15) is 0 Å². The molecule has 0 amide bonds. The maximum Gasteiger partial charge on any atom is 0.137 e. The average molecular weight is 670 g/mol. The van der Waals surface area contributed by atoms with Gasteiger partial charge >= 0.3 is 0 Å². The quantitative estimate of drug-likeness (QED) is 0.175. The van der Waals surface area contributed by atoms with Gasteiger partial charge in [-0.05, 0) is 70.3 Å². The smallest absolute Gasteiger partial charge is 0.137 e. The molecule has 240 valence electrons. The third-order valence-corrected chi connectivity index (χ3v) is 11.1.